The van der Waals surface area contributed by atoms with Crippen LogP contribution in [0.4, 0.5) is 0 Å². The number of halogens is 6. The van der Waals surface area contributed by atoms with Gasteiger partial charge in [-0.05, 0) is 69.2 Å². The van der Waals surface area contributed by atoms with E-state index in [9.17, 15) is 10.2 Å². The molecule has 0 amide bonds. The molecule has 2 aliphatic rings. The lowest BCUT2D eigenvalue weighted by molar-refractivity contribution is 0.348. The van der Waals surface area contributed by atoms with Crippen molar-refractivity contribution in [3.8, 4) is 11.5 Å². The Kier molecular flexibility index (Phi) is 6.18. The zero-order chi connectivity index (χ0) is 24.8. The number of benzene rings is 2. The SMILES string of the molecule is CC1(C)CC2(CC(C)(C)c3cc(CC(Cl)(Cl)Cl)c(O)cc32)c2cc(O)c(CC(Cl)(Cl)Cl)cc21. The summed E-state index contributed by atoms with van der Waals surface area (Å²) in [4.78, 5) is 0. The van der Waals surface area contributed by atoms with E-state index in [2.05, 4.69) is 27.7 Å². The van der Waals surface area contributed by atoms with Crippen molar-refractivity contribution in [2.24, 2.45) is 0 Å². The summed E-state index contributed by atoms with van der Waals surface area (Å²) >= 11 is 36.2. The fourth-order valence-corrected chi connectivity index (χ4v) is 7.04. The molecule has 2 nitrogen and oxygen atoms in total. The van der Waals surface area contributed by atoms with Crippen molar-refractivity contribution in [1.29, 1.82) is 0 Å². The maximum Gasteiger partial charge on any atom is 0.194 e. The van der Waals surface area contributed by atoms with Crippen molar-refractivity contribution >= 4 is 69.6 Å². The Morgan fingerprint density at radius 3 is 1.27 bits per heavy atom. The quantitative estimate of drug-likeness (QED) is 0.355. The van der Waals surface area contributed by atoms with Crippen molar-refractivity contribution in [2.45, 2.75) is 77.2 Å². The standard InChI is InChI=1S/C25H26Cl6O2/c1-21(2)11-23(17-7-19(32)13(5-15(17)21)9-24(26,27)28)12-22(3,4)16-6-14(10-25(29,30)31)20(33)8-18(16)23/h5-8,32-33H,9-12H2,1-4H3. The highest BCUT2D eigenvalue weighted by Crippen LogP contribution is 2.64. The molecule has 0 unspecified atom stereocenters. The summed E-state index contributed by atoms with van der Waals surface area (Å²) in [7, 11) is 0. The Morgan fingerprint density at radius 2 is 0.970 bits per heavy atom. The first-order valence-corrected chi connectivity index (χ1v) is 13.0. The van der Waals surface area contributed by atoms with Crippen LogP contribution in [0.2, 0.25) is 0 Å². The lowest BCUT2D eigenvalue weighted by Crippen LogP contribution is -2.26. The topological polar surface area (TPSA) is 40.5 Å². The average molecular weight is 571 g/mol. The fraction of sp³-hybridized carbons (Fsp3) is 0.520. The molecule has 2 N–H and O–H groups in total. The zero-order valence-corrected chi connectivity index (χ0v) is 23.3. The highest BCUT2D eigenvalue weighted by molar-refractivity contribution is 6.68. The van der Waals surface area contributed by atoms with E-state index in [4.69, 9.17) is 69.6 Å². The number of phenols is 2. The minimum absolute atomic E-state index is 0.112. The van der Waals surface area contributed by atoms with E-state index in [1.54, 1.807) is 0 Å². The first kappa shape index (κ1) is 25.9. The van der Waals surface area contributed by atoms with Crippen LogP contribution in [0, 0.1) is 0 Å². The molecule has 180 valence electrons. The van der Waals surface area contributed by atoms with E-state index in [-0.39, 0.29) is 40.6 Å². The van der Waals surface area contributed by atoms with Gasteiger partial charge in [-0.1, -0.05) is 109 Å². The zero-order valence-electron chi connectivity index (χ0n) is 18.8. The first-order chi connectivity index (χ1) is 14.8. The molecule has 0 radical (unpaired) electrons. The van der Waals surface area contributed by atoms with Gasteiger partial charge in [-0.15, -0.1) is 0 Å². The van der Waals surface area contributed by atoms with Gasteiger partial charge in [0.15, 0.2) is 7.59 Å². The number of hydrogen-bond donors (Lipinski definition) is 2. The van der Waals surface area contributed by atoms with Gasteiger partial charge in [0.25, 0.3) is 0 Å². The second kappa shape index (κ2) is 7.89. The molecular weight excluding hydrogens is 545 g/mol. The molecule has 2 aromatic rings. The van der Waals surface area contributed by atoms with Crippen LogP contribution in [-0.4, -0.2) is 17.8 Å². The van der Waals surface area contributed by atoms with Crippen molar-refractivity contribution < 1.29 is 10.2 Å². The molecule has 0 heterocycles. The lowest BCUT2D eigenvalue weighted by Gasteiger charge is -2.30. The maximum atomic E-state index is 10.9. The van der Waals surface area contributed by atoms with Crippen molar-refractivity contribution in [1.82, 2.24) is 0 Å². The van der Waals surface area contributed by atoms with Gasteiger partial charge in [0.05, 0.1) is 0 Å². The minimum Gasteiger partial charge on any atom is -0.508 e. The Labute approximate surface area is 225 Å². The van der Waals surface area contributed by atoms with E-state index in [0.29, 0.717) is 11.1 Å². The smallest absolute Gasteiger partial charge is 0.194 e. The van der Waals surface area contributed by atoms with E-state index >= 15 is 0 Å². The third-order valence-electron chi connectivity index (χ3n) is 7.20. The molecule has 0 aromatic heterocycles. The molecule has 2 aliphatic carbocycles. The first-order valence-electron chi connectivity index (χ1n) is 10.7. The Hall–Kier alpha value is -0.220. The average Bonchev–Trinajstić information content (AvgIpc) is 2.93. The molecule has 0 saturated heterocycles. The monoisotopic (exact) mass is 568 g/mol. The number of aromatic hydroxyl groups is 2. The predicted octanol–water partition coefficient (Wildman–Crippen LogP) is 8.57. The minimum atomic E-state index is -1.50. The number of fused-ring (bicyclic) bond motifs is 4. The summed E-state index contributed by atoms with van der Waals surface area (Å²) < 4.78 is -3.00. The fourth-order valence-electron chi connectivity index (χ4n) is 6.18. The van der Waals surface area contributed by atoms with Crippen LogP contribution in [0.5, 0.6) is 11.5 Å². The van der Waals surface area contributed by atoms with E-state index in [0.717, 1.165) is 35.1 Å². The van der Waals surface area contributed by atoms with Gasteiger partial charge in [0, 0.05) is 18.3 Å². The molecular formula is C25H26Cl6O2. The highest BCUT2D eigenvalue weighted by Gasteiger charge is 2.56. The Bertz CT molecular complexity index is 1040. The molecule has 1 spiro atoms. The summed E-state index contributed by atoms with van der Waals surface area (Å²) in [5.41, 5.74) is 4.83. The van der Waals surface area contributed by atoms with Crippen molar-refractivity contribution in [2.75, 3.05) is 0 Å². The van der Waals surface area contributed by atoms with Crippen LogP contribution in [0.25, 0.3) is 0 Å². The molecule has 33 heavy (non-hydrogen) atoms. The molecule has 0 atom stereocenters. The second-order valence-corrected chi connectivity index (χ2v) is 15.9. The van der Waals surface area contributed by atoms with Crippen LogP contribution < -0.4 is 0 Å². The lowest BCUT2D eigenvalue weighted by atomic mass is 9.72. The summed E-state index contributed by atoms with van der Waals surface area (Å²) in [5, 5.41) is 21.8. The summed E-state index contributed by atoms with van der Waals surface area (Å²) in [5.74, 6) is 0.223. The largest absolute Gasteiger partial charge is 0.508 e. The summed E-state index contributed by atoms with van der Waals surface area (Å²) in [6.45, 7) is 8.77. The Morgan fingerprint density at radius 1 is 0.636 bits per heavy atom. The summed E-state index contributed by atoms with van der Waals surface area (Å²) in [6, 6.07) is 7.60. The molecule has 0 aliphatic heterocycles. The molecule has 4 rings (SSSR count). The number of alkyl halides is 6. The third kappa shape index (κ3) is 4.66. The van der Waals surface area contributed by atoms with Crippen LogP contribution in [0.3, 0.4) is 0 Å². The van der Waals surface area contributed by atoms with Gasteiger partial charge in [-0.3, -0.25) is 0 Å². The molecule has 8 heteroatoms. The molecule has 0 fully saturated rings. The van der Waals surface area contributed by atoms with Gasteiger partial charge < -0.3 is 10.2 Å². The van der Waals surface area contributed by atoms with Crippen LogP contribution in [0.15, 0.2) is 24.3 Å². The van der Waals surface area contributed by atoms with E-state index in [1.165, 1.54) is 0 Å². The van der Waals surface area contributed by atoms with Gasteiger partial charge in [-0.25, -0.2) is 0 Å². The highest BCUT2D eigenvalue weighted by atomic mass is 35.6. The van der Waals surface area contributed by atoms with Crippen LogP contribution in [0.1, 0.15) is 73.9 Å². The van der Waals surface area contributed by atoms with Gasteiger partial charge >= 0.3 is 0 Å². The van der Waals surface area contributed by atoms with Crippen LogP contribution >= 0.6 is 69.6 Å². The van der Waals surface area contributed by atoms with Crippen molar-refractivity contribution in [3.05, 3.63) is 57.6 Å². The third-order valence-corrected chi connectivity index (χ3v) is 8.00. The molecule has 0 saturated carbocycles. The van der Waals surface area contributed by atoms with Crippen molar-refractivity contribution in [3.63, 3.8) is 0 Å². The predicted molar refractivity (Wildman–Crippen MR) is 140 cm³/mol. The van der Waals surface area contributed by atoms with Gasteiger partial charge in [0.1, 0.15) is 11.5 Å². The summed E-state index contributed by atoms with van der Waals surface area (Å²) in [6.07, 6.45) is 1.88. The van der Waals surface area contributed by atoms with E-state index in [1.807, 2.05) is 24.3 Å². The van der Waals surface area contributed by atoms with Crippen LogP contribution in [-0.2, 0) is 29.1 Å². The second-order valence-electron chi connectivity index (χ2n) is 10.8. The maximum absolute atomic E-state index is 10.9. The van der Waals surface area contributed by atoms with E-state index < -0.39 is 7.59 Å². The number of phenolic OH excluding ortho intramolecular Hbond substituents is 2. The number of hydrogen-bond acceptors (Lipinski definition) is 2. The Balaban J connectivity index is 1.92. The van der Waals surface area contributed by atoms with Gasteiger partial charge in [0.2, 0.25) is 0 Å². The number of rotatable bonds is 2. The normalized spacial score (nSPS) is 20.2. The molecule has 2 aromatic carbocycles. The molecule has 0 bridgehead atoms. The van der Waals surface area contributed by atoms with Gasteiger partial charge in [-0.2, -0.15) is 0 Å².